The first-order valence-corrected chi connectivity index (χ1v) is 9.10. The molecule has 3 rings (SSSR count). The first kappa shape index (κ1) is 19.0. The Bertz CT molecular complexity index is 933. The maximum atomic E-state index is 11.0. The molecule has 0 fully saturated rings. The SMILES string of the molecule is COc1ccc(C#CC(c2ccc(C)cc2)[C@@H](O)c2ccc(Cl)cc2)cc1. The smallest absolute Gasteiger partial charge is 0.118 e. The minimum atomic E-state index is -0.754. The fraction of sp³-hybridized carbons (Fsp3) is 0.167. The predicted octanol–water partition coefficient (Wildman–Crippen LogP) is 5.53. The van der Waals surface area contributed by atoms with Gasteiger partial charge in [0.05, 0.1) is 19.1 Å². The molecule has 0 spiro atoms. The summed E-state index contributed by atoms with van der Waals surface area (Å²) in [6.45, 7) is 2.04. The van der Waals surface area contributed by atoms with Crippen molar-refractivity contribution in [2.45, 2.75) is 18.9 Å². The van der Waals surface area contributed by atoms with Crippen molar-refractivity contribution in [1.82, 2.24) is 0 Å². The molecule has 3 aromatic rings. The number of ether oxygens (including phenoxy) is 1. The number of aryl methyl sites for hydroxylation is 1. The van der Waals surface area contributed by atoms with Crippen LogP contribution < -0.4 is 4.74 Å². The summed E-state index contributed by atoms with van der Waals surface area (Å²) in [4.78, 5) is 0. The van der Waals surface area contributed by atoms with Crippen LogP contribution in [0.4, 0.5) is 0 Å². The van der Waals surface area contributed by atoms with Crippen molar-refractivity contribution in [2.24, 2.45) is 0 Å². The van der Waals surface area contributed by atoms with E-state index in [0.29, 0.717) is 5.02 Å². The number of hydrogen-bond acceptors (Lipinski definition) is 2. The summed E-state index contributed by atoms with van der Waals surface area (Å²) in [7, 11) is 1.64. The first-order chi connectivity index (χ1) is 13.1. The maximum Gasteiger partial charge on any atom is 0.118 e. The quantitative estimate of drug-likeness (QED) is 0.607. The highest BCUT2D eigenvalue weighted by Gasteiger charge is 2.21. The van der Waals surface area contributed by atoms with Gasteiger partial charge in [0.1, 0.15) is 5.75 Å². The molecule has 0 aromatic heterocycles. The number of hydrogen-bond donors (Lipinski definition) is 1. The third-order valence-electron chi connectivity index (χ3n) is 4.43. The molecule has 3 aromatic carbocycles. The van der Waals surface area contributed by atoms with Gasteiger partial charge in [0, 0.05) is 10.6 Å². The monoisotopic (exact) mass is 376 g/mol. The molecule has 1 N–H and O–H groups in total. The highest BCUT2D eigenvalue weighted by atomic mass is 35.5. The average molecular weight is 377 g/mol. The number of halogens is 1. The van der Waals surface area contributed by atoms with Gasteiger partial charge in [-0.1, -0.05) is 65.4 Å². The molecule has 2 atom stereocenters. The molecule has 3 heteroatoms. The summed E-state index contributed by atoms with van der Waals surface area (Å²) >= 11 is 5.98. The Balaban J connectivity index is 1.95. The molecule has 0 amide bonds. The Labute approximate surface area is 165 Å². The van der Waals surface area contributed by atoms with Crippen LogP contribution in [-0.4, -0.2) is 12.2 Å². The molecular formula is C24H21ClO2. The van der Waals surface area contributed by atoms with Crippen LogP contribution in [0.3, 0.4) is 0 Å². The van der Waals surface area contributed by atoms with E-state index >= 15 is 0 Å². The summed E-state index contributed by atoms with van der Waals surface area (Å²) in [6.07, 6.45) is -0.754. The highest BCUT2D eigenvalue weighted by molar-refractivity contribution is 6.30. The molecule has 2 nitrogen and oxygen atoms in total. The van der Waals surface area contributed by atoms with Crippen molar-refractivity contribution in [3.63, 3.8) is 0 Å². The van der Waals surface area contributed by atoms with Crippen LogP contribution in [0.5, 0.6) is 5.75 Å². The molecule has 136 valence electrons. The zero-order chi connectivity index (χ0) is 19.2. The second kappa shape index (κ2) is 8.77. The van der Waals surface area contributed by atoms with Crippen LogP contribution in [0.15, 0.2) is 72.8 Å². The molecule has 1 unspecified atom stereocenters. The summed E-state index contributed by atoms with van der Waals surface area (Å²) in [6, 6.07) is 22.9. The minimum Gasteiger partial charge on any atom is -0.497 e. The summed E-state index contributed by atoms with van der Waals surface area (Å²) in [5, 5.41) is 11.6. The van der Waals surface area contributed by atoms with E-state index in [2.05, 4.69) is 11.8 Å². The number of methoxy groups -OCH3 is 1. The lowest BCUT2D eigenvalue weighted by Gasteiger charge is -2.19. The maximum absolute atomic E-state index is 11.0. The third kappa shape index (κ3) is 4.92. The van der Waals surface area contributed by atoms with Gasteiger partial charge >= 0.3 is 0 Å². The van der Waals surface area contributed by atoms with E-state index < -0.39 is 6.10 Å². The zero-order valence-electron chi connectivity index (χ0n) is 15.3. The average Bonchev–Trinajstić information content (AvgIpc) is 2.70. The van der Waals surface area contributed by atoms with Gasteiger partial charge in [0.15, 0.2) is 0 Å². The summed E-state index contributed by atoms with van der Waals surface area (Å²) in [5.41, 5.74) is 3.80. The van der Waals surface area contributed by atoms with Crippen LogP contribution >= 0.6 is 11.6 Å². The normalized spacial score (nSPS) is 12.6. The molecule has 0 aliphatic rings. The third-order valence-corrected chi connectivity index (χ3v) is 4.68. The fourth-order valence-corrected chi connectivity index (χ4v) is 2.93. The van der Waals surface area contributed by atoms with Gasteiger partial charge in [0.25, 0.3) is 0 Å². The molecule has 0 saturated carbocycles. The molecule has 0 saturated heterocycles. The van der Waals surface area contributed by atoms with E-state index in [0.717, 1.165) is 22.4 Å². The van der Waals surface area contributed by atoms with Gasteiger partial charge in [-0.05, 0) is 54.4 Å². The van der Waals surface area contributed by atoms with Crippen LogP contribution in [0.1, 0.15) is 34.3 Å². The van der Waals surface area contributed by atoms with Gasteiger partial charge in [-0.15, -0.1) is 0 Å². The molecule has 0 radical (unpaired) electrons. The van der Waals surface area contributed by atoms with Crippen LogP contribution in [0.25, 0.3) is 0 Å². The topological polar surface area (TPSA) is 29.5 Å². The largest absolute Gasteiger partial charge is 0.497 e. The Morgan fingerprint density at radius 3 is 2.04 bits per heavy atom. The van der Waals surface area contributed by atoms with Gasteiger partial charge < -0.3 is 9.84 Å². The van der Waals surface area contributed by atoms with Crippen molar-refractivity contribution >= 4 is 11.6 Å². The van der Waals surface area contributed by atoms with Crippen molar-refractivity contribution in [1.29, 1.82) is 0 Å². The van der Waals surface area contributed by atoms with Crippen molar-refractivity contribution in [3.8, 4) is 17.6 Å². The number of aliphatic hydroxyl groups excluding tert-OH is 1. The number of aliphatic hydroxyl groups is 1. The van der Waals surface area contributed by atoms with E-state index in [1.807, 2.05) is 67.6 Å². The second-order valence-corrected chi connectivity index (χ2v) is 6.82. The van der Waals surface area contributed by atoms with Crippen molar-refractivity contribution in [2.75, 3.05) is 7.11 Å². The van der Waals surface area contributed by atoms with Gasteiger partial charge in [-0.25, -0.2) is 0 Å². The Kier molecular flexibility index (Phi) is 6.19. The van der Waals surface area contributed by atoms with E-state index in [1.165, 1.54) is 5.56 Å². The molecular weight excluding hydrogens is 356 g/mol. The Hall–Kier alpha value is -2.73. The van der Waals surface area contributed by atoms with Crippen molar-refractivity contribution < 1.29 is 9.84 Å². The van der Waals surface area contributed by atoms with E-state index in [9.17, 15) is 5.11 Å². The first-order valence-electron chi connectivity index (χ1n) is 8.72. The van der Waals surface area contributed by atoms with Gasteiger partial charge in [0.2, 0.25) is 0 Å². The van der Waals surface area contributed by atoms with E-state index in [1.54, 1.807) is 19.2 Å². The van der Waals surface area contributed by atoms with Crippen LogP contribution in [-0.2, 0) is 0 Å². The second-order valence-electron chi connectivity index (χ2n) is 6.38. The predicted molar refractivity (Wildman–Crippen MR) is 110 cm³/mol. The fourth-order valence-electron chi connectivity index (χ4n) is 2.81. The van der Waals surface area contributed by atoms with Crippen LogP contribution in [0, 0.1) is 18.8 Å². The lowest BCUT2D eigenvalue weighted by atomic mass is 9.89. The molecule has 27 heavy (non-hydrogen) atoms. The Morgan fingerprint density at radius 1 is 0.852 bits per heavy atom. The van der Waals surface area contributed by atoms with Crippen molar-refractivity contribution in [3.05, 3.63) is 100 Å². The Morgan fingerprint density at radius 2 is 1.44 bits per heavy atom. The standard InChI is InChI=1S/C24H21ClO2/c1-17-3-8-19(9-4-17)23(24(26)20-10-12-21(25)13-11-20)16-7-18-5-14-22(27-2)15-6-18/h3-6,8-15,23-24,26H,1-2H3/t23?,24-/m0/s1. The van der Waals surface area contributed by atoms with Gasteiger partial charge in [-0.2, -0.15) is 0 Å². The summed E-state index contributed by atoms with van der Waals surface area (Å²) < 4.78 is 5.18. The summed E-state index contributed by atoms with van der Waals surface area (Å²) in [5.74, 6) is 6.86. The van der Waals surface area contributed by atoms with E-state index in [-0.39, 0.29) is 5.92 Å². The zero-order valence-corrected chi connectivity index (χ0v) is 16.1. The highest BCUT2D eigenvalue weighted by Crippen LogP contribution is 2.31. The number of benzene rings is 3. The minimum absolute atomic E-state index is 0.353. The molecule has 0 aliphatic heterocycles. The molecule has 0 bridgehead atoms. The molecule has 0 heterocycles. The van der Waals surface area contributed by atoms with E-state index in [4.69, 9.17) is 16.3 Å². The number of rotatable bonds is 4. The lowest BCUT2D eigenvalue weighted by Crippen LogP contribution is -2.09. The van der Waals surface area contributed by atoms with Crippen LogP contribution in [0.2, 0.25) is 5.02 Å². The lowest BCUT2D eigenvalue weighted by molar-refractivity contribution is 0.165. The van der Waals surface area contributed by atoms with Gasteiger partial charge in [-0.3, -0.25) is 0 Å². The molecule has 0 aliphatic carbocycles.